The van der Waals surface area contributed by atoms with Gasteiger partial charge >= 0.3 is 53.7 Å². The average molecular weight is 1920 g/mol. The number of fused-ring (bicyclic) bond motifs is 4. The highest BCUT2D eigenvalue weighted by Gasteiger charge is 2.52. The number of furan rings is 6. The fraction of sp³-hybridized carbons (Fsp3) is 0.538. The van der Waals surface area contributed by atoms with Crippen molar-refractivity contribution in [2.24, 2.45) is 11.8 Å². The van der Waals surface area contributed by atoms with Crippen LogP contribution >= 0.6 is 0 Å². The summed E-state index contributed by atoms with van der Waals surface area (Å²) in [5.74, 6) is 4.07. The minimum atomic E-state index is -0.912. The van der Waals surface area contributed by atoms with E-state index in [1.165, 1.54) is 13.0 Å². The van der Waals surface area contributed by atoms with Crippen LogP contribution in [0.15, 0.2) is 198 Å². The molecule has 0 amide bonds. The highest BCUT2D eigenvalue weighted by Crippen LogP contribution is 2.49. The third-order valence-electron chi connectivity index (χ3n) is 23.0. The molecule has 0 radical (unpaired) electrons. The van der Waals surface area contributed by atoms with Crippen molar-refractivity contribution in [1.82, 2.24) is 0 Å². The van der Waals surface area contributed by atoms with Crippen LogP contribution in [0.1, 0.15) is 297 Å². The minimum absolute atomic E-state index is 0.0554. The number of aliphatic hydroxyl groups excluding tert-OH is 2. The van der Waals surface area contributed by atoms with Crippen LogP contribution in [0.25, 0.3) is 0 Å². The number of aliphatic hydroxyl groups is 2. The van der Waals surface area contributed by atoms with E-state index in [0.717, 1.165) is 120 Å². The van der Waals surface area contributed by atoms with Gasteiger partial charge in [0.2, 0.25) is 0 Å². The molecule has 4 aliphatic heterocycles. The molecule has 2 saturated carbocycles. The van der Waals surface area contributed by atoms with E-state index in [9.17, 15) is 43.2 Å². The van der Waals surface area contributed by atoms with Crippen LogP contribution in [0.4, 0.5) is 0 Å². The van der Waals surface area contributed by atoms with Crippen LogP contribution in [0, 0.1) is 11.8 Å². The first-order valence-electron chi connectivity index (χ1n) is 45.7. The van der Waals surface area contributed by atoms with Crippen molar-refractivity contribution in [3.8, 4) is 0 Å². The topological polar surface area (TPSA) is 402 Å². The van der Waals surface area contributed by atoms with Crippen molar-refractivity contribution in [3.05, 3.63) is 240 Å². The predicted molar refractivity (Wildman–Crippen MR) is 507 cm³/mol. The van der Waals surface area contributed by atoms with E-state index in [2.05, 4.69) is 52.6 Å². The highest BCUT2D eigenvalue weighted by molar-refractivity contribution is 5.90. The first-order valence-corrected chi connectivity index (χ1v) is 45.7. The van der Waals surface area contributed by atoms with Crippen LogP contribution in [0.3, 0.4) is 0 Å². The largest absolute Gasteiger partial charge is 0.459 e. The van der Waals surface area contributed by atoms with Gasteiger partial charge in [-0.2, -0.15) is 0 Å². The summed E-state index contributed by atoms with van der Waals surface area (Å²) < 4.78 is 108. The summed E-state index contributed by atoms with van der Waals surface area (Å²) in [6.45, 7) is 61.9. The van der Waals surface area contributed by atoms with E-state index in [1.54, 1.807) is 167 Å². The Kier molecular flexibility index (Phi) is 44.4. The summed E-state index contributed by atoms with van der Waals surface area (Å²) in [4.78, 5) is 103. The fourth-order valence-corrected chi connectivity index (χ4v) is 15.5. The summed E-state index contributed by atoms with van der Waals surface area (Å²) in [5, 5.41) is 17.7. The van der Waals surface area contributed by atoms with Gasteiger partial charge in [-0.05, 0) is 287 Å². The Balaban J connectivity index is 0.000000277. The highest BCUT2D eigenvalue weighted by atomic mass is 16.6. The third kappa shape index (κ3) is 35.5. The zero-order valence-corrected chi connectivity index (χ0v) is 84.3. The maximum Gasteiger partial charge on any atom is 0.334 e. The Hall–Kier alpha value is -11.5. The molecule has 6 fully saturated rings. The second-order valence-corrected chi connectivity index (χ2v) is 37.7. The number of ether oxygens (including phenoxy) is 14. The number of methoxy groups -OCH3 is 3. The van der Waals surface area contributed by atoms with Gasteiger partial charge in [-0.15, -0.1) is 0 Å². The Morgan fingerprint density at radius 3 is 0.920 bits per heavy atom. The van der Waals surface area contributed by atoms with E-state index in [-0.39, 0.29) is 61.9 Å². The van der Waals surface area contributed by atoms with Crippen LogP contribution in [0.2, 0.25) is 0 Å². The molecule has 137 heavy (non-hydrogen) atoms. The molecule has 2 aliphatic carbocycles. The Bertz CT molecular complexity index is 5080. The minimum Gasteiger partial charge on any atom is -0.459 e. The first-order chi connectivity index (χ1) is 64.0. The van der Waals surface area contributed by atoms with E-state index < -0.39 is 68.7 Å². The van der Waals surface area contributed by atoms with E-state index in [4.69, 9.17) is 103 Å². The van der Waals surface area contributed by atoms with Gasteiger partial charge in [-0.3, -0.25) is 4.79 Å². The van der Waals surface area contributed by atoms with Gasteiger partial charge < -0.3 is 103 Å². The van der Waals surface area contributed by atoms with Gasteiger partial charge in [-0.25, -0.2) is 38.4 Å². The van der Waals surface area contributed by atoms with Gasteiger partial charge in [0, 0.05) is 85.7 Å². The molecule has 6 unspecified atom stereocenters. The molecule has 6 atom stereocenters. The number of esters is 9. The average Bonchev–Trinajstić information content (AvgIpc) is 1.65. The standard InChI is InChI=1S/C16H22O4.C15H20O4.C14H18O5.C13H18O4.C13H20O3.C12H16O4.C12H18O3.C11H14O4/c1-12(2)15(17)20-16(9-5-4-6-10-16)14-8-7-13(19-14)11-18-3;1-11(2)14(16)19-15(8-4-5-9-15)13-7-6-12(18-13)10-17-3;1-9(2)13(16)19-14(4,5)12-7-6-11(18-12)8-17-10(3)15;1-9(2)12(14)17-13(3,4)11-7-6-10(16-11)8-15-5;1-8(2)12(14)16-13(3,4)10-7-9-5-6-11(10)15-9;1-8(2)11(14)16-12(3,4)10-6-5-9(7-13)15-10;1-4-11(13)15-12(2,3)9-7-8-5-6-10(9)14-8;1-4-10(13)15-11(2,3)9-6-5-8(7-12)14-9/h7-8H,1,4-6,9-11H2,2-3H3;6-7H,1,4-5,8-10H2,2-3H3;6-7H,1,8H2,2-5H3;6-7H,1,8H2,2-5H3;9-11H,1,5-7H2,2-4H3;5-6,13H,1,7H2,2-4H3;4,8-10H,1,5-7H2,2-3H3;4-6,12H,1,7H2,2-3H3. The summed E-state index contributed by atoms with van der Waals surface area (Å²) >= 11 is 0. The molecule has 0 spiro atoms. The van der Waals surface area contributed by atoms with Crippen molar-refractivity contribution in [2.75, 3.05) is 21.3 Å². The molecule has 6 aromatic heterocycles. The molecular formula is C106H146O31. The van der Waals surface area contributed by atoms with Crippen molar-refractivity contribution in [2.45, 2.75) is 337 Å². The second kappa shape index (κ2) is 52.4. The Morgan fingerprint density at radius 1 is 0.358 bits per heavy atom. The number of hydrogen-bond donors (Lipinski definition) is 2. The van der Waals surface area contributed by atoms with Gasteiger partial charge in [0.1, 0.15) is 120 Å². The van der Waals surface area contributed by atoms with Gasteiger partial charge in [0.05, 0.1) is 24.4 Å². The molecule has 0 aromatic carbocycles. The smallest absolute Gasteiger partial charge is 0.334 e. The van der Waals surface area contributed by atoms with Crippen molar-refractivity contribution in [1.29, 1.82) is 0 Å². The second-order valence-electron chi connectivity index (χ2n) is 37.7. The van der Waals surface area contributed by atoms with E-state index >= 15 is 0 Å². The SMILES string of the molecule is C=C(C)C(=O)OC(C)(C)C1CC2CCC1O2.C=C(C)C(=O)OC(C)(C)c1ccc(CO)o1.C=C(C)C(=O)OC(C)(C)c1ccc(COC(C)=O)o1.C=C(C)C(=O)OC(C)(C)c1ccc(COC)o1.C=C(C)C(=O)OC1(c2ccc(COC)o2)CCCC1.C=C(C)C(=O)OC1(c2ccc(COC)o2)CCCCC1.C=CC(=O)OC(C)(C)C1CC2CCC1O2.C=CC(=O)OC(C)(C)c1ccc(CO)o1. The van der Waals surface area contributed by atoms with Gasteiger partial charge in [-0.1, -0.05) is 59.1 Å². The number of carbonyl (C=O) groups excluding carboxylic acids is 9. The van der Waals surface area contributed by atoms with Gasteiger partial charge in [0.25, 0.3) is 0 Å². The lowest BCUT2D eigenvalue weighted by molar-refractivity contribution is -0.163. The maximum atomic E-state index is 11.9. The molecule has 756 valence electrons. The number of rotatable bonds is 34. The molecule has 4 saturated heterocycles. The number of hydrogen-bond acceptors (Lipinski definition) is 31. The molecule has 6 aliphatic rings. The molecule has 4 bridgehead atoms. The van der Waals surface area contributed by atoms with Gasteiger partial charge in [0.15, 0.2) is 33.6 Å². The zero-order chi connectivity index (χ0) is 103. The molecule has 10 heterocycles. The Labute approximate surface area is 806 Å². The molecule has 6 aromatic rings. The van der Waals surface area contributed by atoms with Crippen LogP contribution in [-0.2, 0) is 183 Å². The molecule has 2 N–H and O–H groups in total. The normalized spacial score (nSPS) is 18.0. The van der Waals surface area contributed by atoms with E-state index in [1.807, 2.05) is 52.0 Å². The van der Waals surface area contributed by atoms with Crippen molar-refractivity contribution in [3.63, 3.8) is 0 Å². The van der Waals surface area contributed by atoms with Crippen molar-refractivity contribution < 1.29 is 146 Å². The third-order valence-corrected chi connectivity index (χ3v) is 23.0. The summed E-state index contributed by atoms with van der Waals surface area (Å²) in [6.07, 6.45) is 18.7. The zero-order valence-electron chi connectivity index (χ0n) is 84.3. The van der Waals surface area contributed by atoms with Crippen molar-refractivity contribution >= 4 is 53.7 Å². The van der Waals surface area contributed by atoms with Crippen LogP contribution in [-0.4, -0.2) is 121 Å². The lowest BCUT2D eigenvalue weighted by atomic mass is 9.78. The first kappa shape index (κ1) is 116. The number of carbonyl (C=O) groups is 9. The molecule has 31 heteroatoms. The lowest BCUT2D eigenvalue weighted by Crippen LogP contribution is -2.41. The summed E-state index contributed by atoms with van der Waals surface area (Å²) in [5.41, 5.74) is -3.31. The Morgan fingerprint density at radius 2 is 0.635 bits per heavy atom. The monoisotopic (exact) mass is 1910 g/mol. The van der Waals surface area contributed by atoms with Crippen LogP contribution < -0.4 is 0 Å². The maximum absolute atomic E-state index is 11.9. The quantitative estimate of drug-likeness (QED) is 0.0215. The summed E-state index contributed by atoms with van der Waals surface area (Å²) in [6, 6.07) is 21.1. The molecular weight excluding hydrogens is 1770 g/mol. The fourth-order valence-electron chi connectivity index (χ4n) is 15.5. The predicted octanol–water partition coefficient (Wildman–Crippen LogP) is 20.9. The molecule has 12 rings (SSSR count). The van der Waals surface area contributed by atoms with Crippen LogP contribution in [0.5, 0.6) is 0 Å². The van der Waals surface area contributed by atoms with E-state index in [0.29, 0.717) is 129 Å². The summed E-state index contributed by atoms with van der Waals surface area (Å²) in [7, 11) is 4.84. The lowest BCUT2D eigenvalue weighted by Gasteiger charge is -2.35. The molecule has 31 nitrogen and oxygen atoms in total.